The molecule has 0 N–H and O–H groups in total. The van der Waals surface area contributed by atoms with Gasteiger partial charge in [-0.2, -0.15) is 10.2 Å². The number of amides is 1. The van der Waals surface area contributed by atoms with Gasteiger partial charge < -0.3 is 9.64 Å². The SMILES string of the molecule is CCn1ncc(Br)c1CN(C)C(=O)c1ccn(COc2ccc(C(C)(C)C)cc2)n1. The topological polar surface area (TPSA) is 65.2 Å². The van der Waals surface area contributed by atoms with Gasteiger partial charge in [-0.15, -0.1) is 0 Å². The first-order valence-electron chi connectivity index (χ1n) is 9.91. The first-order chi connectivity index (χ1) is 14.2. The summed E-state index contributed by atoms with van der Waals surface area (Å²) in [4.78, 5) is 14.4. The Morgan fingerprint density at radius 3 is 2.53 bits per heavy atom. The van der Waals surface area contributed by atoms with Crippen molar-refractivity contribution in [3.8, 4) is 5.75 Å². The summed E-state index contributed by atoms with van der Waals surface area (Å²) >= 11 is 3.50. The van der Waals surface area contributed by atoms with Gasteiger partial charge in [0.25, 0.3) is 5.91 Å². The molecule has 1 amide bonds. The number of rotatable bonds is 7. The van der Waals surface area contributed by atoms with Gasteiger partial charge in [0, 0.05) is 19.8 Å². The van der Waals surface area contributed by atoms with Crippen molar-refractivity contribution in [1.29, 1.82) is 0 Å². The number of nitrogens with zero attached hydrogens (tertiary/aromatic N) is 5. The molecular formula is C22H28BrN5O2. The van der Waals surface area contributed by atoms with Crippen LogP contribution in [0.15, 0.2) is 47.2 Å². The lowest BCUT2D eigenvalue weighted by Gasteiger charge is -2.19. The number of hydrogen-bond acceptors (Lipinski definition) is 4. The van der Waals surface area contributed by atoms with Gasteiger partial charge in [0.1, 0.15) is 5.75 Å². The van der Waals surface area contributed by atoms with E-state index in [1.54, 1.807) is 35.1 Å². The number of ether oxygens (including phenoxy) is 1. The molecule has 0 spiro atoms. The van der Waals surface area contributed by atoms with E-state index in [4.69, 9.17) is 4.74 Å². The van der Waals surface area contributed by atoms with Crippen molar-refractivity contribution < 1.29 is 9.53 Å². The van der Waals surface area contributed by atoms with E-state index in [1.165, 1.54) is 5.56 Å². The monoisotopic (exact) mass is 473 g/mol. The van der Waals surface area contributed by atoms with E-state index in [0.717, 1.165) is 22.5 Å². The molecule has 0 aliphatic carbocycles. The lowest BCUT2D eigenvalue weighted by Crippen LogP contribution is -2.28. The Balaban J connectivity index is 1.60. The zero-order valence-corrected chi connectivity index (χ0v) is 19.7. The van der Waals surface area contributed by atoms with Crippen molar-refractivity contribution in [2.45, 2.75) is 52.9 Å². The van der Waals surface area contributed by atoms with Gasteiger partial charge >= 0.3 is 0 Å². The fraction of sp³-hybridized carbons (Fsp3) is 0.409. The highest BCUT2D eigenvalue weighted by Gasteiger charge is 2.18. The minimum atomic E-state index is -0.154. The summed E-state index contributed by atoms with van der Waals surface area (Å²) in [5, 5.41) is 8.65. The smallest absolute Gasteiger partial charge is 0.274 e. The Kier molecular flexibility index (Phi) is 6.65. The van der Waals surface area contributed by atoms with E-state index < -0.39 is 0 Å². The minimum absolute atomic E-state index is 0.103. The van der Waals surface area contributed by atoms with Gasteiger partial charge in [-0.25, -0.2) is 4.68 Å². The molecule has 2 heterocycles. The summed E-state index contributed by atoms with van der Waals surface area (Å²) in [5.41, 5.74) is 2.69. The zero-order chi connectivity index (χ0) is 21.9. The molecule has 0 bridgehead atoms. The Morgan fingerprint density at radius 2 is 1.90 bits per heavy atom. The van der Waals surface area contributed by atoms with Crippen molar-refractivity contribution in [1.82, 2.24) is 24.5 Å². The predicted molar refractivity (Wildman–Crippen MR) is 119 cm³/mol. The van der Waals surface area contributed by atoms with Crippen LogP contribution in [0.25, 0.3) is 0 Å². The molecule has 1 aromatic carbocycles. The second kappa shape index (κ2) is 9.04. The molecular weight excluding hydrogens is 446 g/mol. The molecule has 0 saturated carbocycles. The molecule has 2 aromatic heterocycles. The molecule has 0 atom stereocenters. The molecule has 3 aromatic rings. The van der Waals surface area contributed by atoms with Gasteiger partial charge in [0.15, 0.2) is 12.4 Å². The van der Waals surface area contributed by atoms with Gasteiger partial charge in [-0.3, -0.25) is 9.48 Å². The number of carbonyl (C=O) groups excluding carboxylic acids is 1. The van der Waals surface area contributed by atoms with Crippen LogP contribution in [0, 0.1) is 0 Å². The third-order valence-electron chi connectivity index (χ3n) is 4.87. The Morgan fingerprint density at radius 1 is 1.20 bits per heavy atom. The number of aryl methyl sites for hydroxylation is 1. The fourth-order valence-electron chi connectivity index (χ4n) is 3.05. The van der Waals surface area contributed by atoms with E-state index in [0.29, 0.717) is 12.2 Å². The van der Waals surface area contributed by atoms with Crippen molar-refractivity contribution in [3.05, 3.63) is 64.1 Å². The van der Waals surface area contributed by atoms with Crippen molar-refractivity contribution in [3.63, 3.8) is 0 Å². The second-order valence-electron chi connectivity index (χ2n) is 8.20. The summed E-state index contributed by atoms with van der Waals surface area (Å²) in [6.07, 6.45) is 3.49. The minimum Gasteiger partial charge on any atom is -0.471 e. The lowest BCUT2D eigenvalue weighted by molar-refractivity contribution is 0.0773. The summed E-state index contributed by atoms with van der Waals surface area (Å²) < 4.78 is 10.2. The van der Waals surface area contributed by atoms with Crippen LogP contribution < -0.4 is 4.74 Å². The molecule has 8 heteroatoms. The third kappa shape index (κ3) is 5.11. The number of halogens is 1. The molecule has 0 fully saturated rings. The Hall–Kier alpha value is -2.61. The average Bonchev–Trinajstić information content (AvgIpc) is 3.32. The maximum Gasteiger partial charge on any atom is 0.274 e. The van der Waals surface area contributed by atoms with E-state index in [1.807, 2.05) is 23.7 Å². The standard InChI is InChI=1S/C22H28BrN5O2/c1-6-28-20(18(23)13-24-28)14-26(5)21(29)19-11-12-27(25-19)15-30-17-9-7-16(8-10-17)22(2,3)4/h7-13H,6,14-15H2,1-5H3. The summed E-state index contributed by atoms with van der Waals surface area (Å²) in [7, 11) is 1.76. The van der Waals surface area contributed by atoms with E-state index in [2.05, 4.69) is 59.0 Å². The highest BCUT2D eigenvalue weighted by molar-refractivity contribution is 9.10. The van der Waals surface area contributed by atoms with Crippen LogP contribution in [0.1, 0.15) is 49.4 Å². The van der Waals surface area contributed by atoms with E-state index in [-0.39, 0.29) is 18.1 Å². The predicted octanol–water partition coefficient (Wildman–Crippen LogP) is 4.47. The molecule has 7 nitrogen and oxygen atoms in total. The largest absolute Gasteiger partial charge is 0.471 e. The number of aromatic nitrogens is 4. The molecule has 0 saturated heterocycles. The molecule has 0 aliphatic rings. The van der Waals surface area contributed by atoms with Gasteiger partial charge in [0.05, 0.1) is 22.9 Å². The van der Waals surface area contributed by atoms with E-state index >= 15 is 0 Å². The molecule has 3 rings (SSSR count). The van der Waals surface area contributed by atoms with Crippen LogP contribution in [-0.2, 0) is 25.2 Å². The zero-order valence-electron chi connectivity index (χ0n) is 18.1. The molecule has 0 unspecified atom stereocenters. The first kappa shape index (κ1) is 22.1. The van der Waals surface area contributed by atoms with Crippen molar-refractivity contribution in [2.24, 2.45) is 0 Å². The maximum atomic E-state index is 12.8. The van der Waals surface area contributed by atoms with Crippen LogP contribution in [0.4, 0.5) is 0 Å². The highest BCUT2D eigenvalue weighted by Crippen LogP contribution is 2.24. The van der Waals surface area contributed by atoms with Crippen LogP contribution in [-0.4, -0.2) is 37.4 Å². The lowest BCUT2D eigenvalue weighted by atomic mass is 9.87. The molecule has 160 valence electrons. The summed E-state index contributed by atoms with van der Waals surface area (Å²) in [6.45, 7) is 9.97. The normalized spacial score (nSPS) is 11.5. The maximum absolute atomic E-state index is 12.8. The highest BCUT2D eigenvalue weighted by atomic mass is 79.9. The number of hydrogen-bond donors (Lipinski definition) is 0. The van der Waals surface area contributed by atoms with Crippen LogP contribution in [0.5, 0.6) is 5.75 Å². The van der Waals surface area contributed by atoms with Crippen LogP contribution >= 0.6 is 15.9 Å². The second-order valence-corrected chi connectivity index (χ2v) is 9.06. The third-order valence-corrected chi connectivity index (χ3v) is 5.54. The van der Waals surface area contributed by atoms with Crippen LogP contribution in [0.3, 0.4) is 0 Å². The quantitative estimate of drug-likeness (QED) is 0.507. The van der Waals surface area contributed by atoms with Crippen molar-refractivity contribution >= 4 is 21.8 Å². The number of carbonyl (C=O) groups is 1. The Labute approximate surface area is 185 Å². The van der Waals surface area contributed by atoms with Crippen LogP contribution in [0.2, 0.25) is 0 Å². The van der Waals surface area contributed by atoms with Crippen molar-refractivity contribution in [2.75, 3.05) is 7.05 Å². The first-order valence-corrected chi connectivity index (χ1v) is 10.7. The molecule has 0 aliphatic heterocycles. The van der Waals surface area contributed by atoms with Gasteiger partial charge in [0.2, 0.25) is 0 Å². The Bertz CT molecular complexity index is 1000. The number of benzene rings is 1. The summed E-state index contributed by atoms with van der Waals surface area (Å²) in [6, 6.07) is 9.76. The molecule has 30 heavy (non-hydrogen) atoms. The van der Waals surface area contributed by atoms with E-state index in [9.17, 15) is 4.79 Å². The fourth-order valence-corrected chi connectivity index (χ4v) is 3.47. The summed E-state index contributed by atoms with van der Waals surface area (Å²) in [5.74, 6) is 0.611. The molecule has 0 radical (unpaired) electrons. The van der Waals surface area contributed by atoms with Gasteiger partial charge in [-0.05, 0) is 52.0 Å². The van der Waals surface area contributed by atoms with Gasteiger partial charge in [-0.1, -0.05) is 32.9 Å². The average molecular weight is 474 g/mol.